The predicted molar refractivity (Wildman–Crippen MR) is 114 cm³/mol. The van der Waals surface area contributed by atoms with E-state index in [-0.39, 0.29) is 6.04 Å². The third-order valence-corrected chi connectivity index (χ3v) is 4.04. The molecule has 0 N–H and O–H groups in total. The summed E-state index contributed by atoms with van der Waals surface area (Å²) in [5.41, 5.74) is 0.0675. The van der Waals surface area contributed by atoms with E-state index in [4.69, 9.17) is 9.47 Å². The minimum atomic E-state index is -0.700. The average molecular weight is 403 g/mol. The van der Waals surface area contributed by atoms with Gasteiger partial charge in [0.25, 0.3) is 0 Å². The molecular weight excluding hydrogens is 368 g/mol. The average Bonchev–Trinajstić information content (AvgIpc) is 2.91. The summed E-state index contributed by atoms with van der Waals surface area (Å²) in [5, 5.41) is 2.71. The maximum atomic E-state index is 13.2. The Morgan fingerprint density at radius 2 is 1.45 bits per heavy atom. The number of hydrogen-bond acceptors (Lipinski definition) is 4. The van der Waals surface area contributed by atoms with Gasteiger partial charge in [0.2, 0.25) is 0 Å². The molecular formula is C23H34N2O4. The fourth-order valence-corrected chi connectivity index (χ4v) is 3.08. The molecule has 0 fully saturated rings. The van der Waals surface area contributed by atoms with Gasteiger partial charge in [0.15, 0.2) is 0 Å². The molecule has 1 aliphatic heterocycles. The second kappa shape index (κ2) is 8.47. The van der Waals surface area contributed by atoms with Gasteiger partial charge in [-0.25, -0.2) is 14.6 Å². The Bertz CT molecular complexity index is 757. The van der Waals surface area contributed by atoms with Crippen molar-refractivity contribution in [2.75, 3.05) is 0 Å². The first kappa shape index (κ1) is 22.8. The van der Waals surface area contributed by atoms with Gasteiger partial charge in [-0.05, 0) is 60.0 Å². The van der Waals surface area contributed by atoms with Gasteiger partial charge in [-0.3, -0.25) is 0 Å². The summed E-state index contributed by atoms with van der Waals surface area (Å²) < 4.78 is 11.3. The third-order valence-electron chi connectivity index (χ3n) is 4.04. The smallest absolute Gasteiger partial charge is 0.434 e. The minimum absolute atomic E-state index is 0.312. The molecule has 1 atom stereocenters. The molecule has 0 aliphatic carbocycles. The van der Waals surface area contributed by atoms with Crippen molar-refractivity contribution in [3.63, 3.8) is 0 Å². The molecule has 2 amide bonds. The molecule has 2 rings (SSSR count). The van der Waals surface area contributed by atoms with Crippen LogP contribution in [0.1, 0.15) is 67.4 Å². The van der Waals surface area contributed by atoms with E-state index in [2.05, 4.69) is 13.8 Å². The quantitative estimate of drug-likeness (QED) is 0.637. The SMILES string of the molecule is CC(C)CC1C=C(c2ccccc2)N(C(=O)OC(C)(C)C)N1C(=O)OC(C)(C)C. The maximum Gasteiger partial charge on any atom is 0.434 e. The molecule has 0 bridgehead atoms. The Balaban J connectivity index is 2.52. The lowest BCUT2D eigenvalue weighted by Gasteiger charge is -2.36. The van der Waals surface area contributed by atoms with Crippen molar-refractivity contribution in [1.82, 2.24) is 10.0 Å². The predicted octanol–water partition coefficient (Wildman–Crippen LogP) is 5.85. The van der Waals surface area contributed by atoms with Gasteiger partial charge in [0.1, 0.15) is 11.2 Å². The summed E-state index contributed by atoms with van der Waals surface area (Å²) in [7, 11) is 0. The number of rotatable bonds is 3. The van der Waals surface area contributed by atoms with Crippen LogP contribution < -0.4 is 0 Å². The zero-order chi connectivity index (χ0) is 22.0. The highest BCUT2D eigenvalue weighted by Gasteiger charge is 2.44. The first-order valence-electron chi connectivity index (χ1n) is 10.1. The van der Waals surface area contributed by atoms with Crippen LogP contribution in [0.2, 0.25) is 0 Å². The Labute approximate surface area is 174 Å². The first-order valence-corrected chi connectivity index (χ1v) is 10.1. The van der Waals surface area contributed by atoms with Crippen molar-refractivity contribution < 1.29 is 19.1 Å². The fraction of sp³-hybridized carbons (Fsp3) is 0.565. The van der Waals surface area contributed by atoms with Crippen molar-refractivity contribution in [1.29, 1.82) is 0 Å². The number of hydrazine groups is 1. The number of amides is 2. The number of benzene rings is 1. The molecule has 0 saturated heterocycles. The van der Waals surface area contributed by atoms with E-state index in [0.717, 1.165) is 5.56 Å². The lowest BCUT2D eigenvalue weighted by molar-refractivity contribution is -0.0446. The van der Waals surface area contributed by atoms with Crippen LogP contribution in [0.5, 0.6) is 0 Å². The van der Waals surface area contributed by atoms with Crippen LogP contribution in [-0.2, 0) is 9.47 Å². The van der Waals surface area contributed by atoms with Crippen LogP contribution in [0, 0.1) is 5.92 Å². The zero-order valence-electron chi connectivity index (χ0n) is 18.9. The van der Waals surface area contributed by atoms with Crippen molar-refractivity contribution in [3.8, 4) is 0 Å². The number of carbonyl (C=O) groups is 2. The summed E-state index contributed by atoms with van der Waals surface area (Å²) in [6.45, 7) is 15.0. The number of carbonyl (C=O) groups excluding carboxylic acids is 2. The molecule has 0 spiro atoms. The van der Waals surface area contributed by atoms with Crippen LogP contribution in [0.3, 0.4) is 0 Å². The van der Waals surface area contributed by atoms with Gasteiger partial charge < -0.3 is 9.47 Å². The maximum absolute atomic E-state index is 13.2. The molecule has 1 unspecified atom stereocenters. The monoisotopic (exact) mass is 402 g/mol. The van der Waals surface area contributed by atoms with E-state index >= 15 is 0 Å². The lowest BCUT2D eigenvalue weighted by Crippen LogP contribution is -2.52. The largest absolute Gasteiger partial charge is 0.442 e. The van der Waals surface area contributed by atoms with E-state index in [1.807, 2.05) is 57.2 Å². The minimum Gasteiger partial charge on any atom is -0.442 e. The summed E-state index contributed by atoms with van der Waals surface area (Å²) in [5.74, 6) is 0.316. The van der Waals surface area contributed by atoms with Gasteiger partial charge in [-0.2, -0.15) is 5.01 Å². The summed E-state index contributed by atoms with van der Waals surface area (Å²) in [4.78, 5) is 26.3. The summed E-state index contributed by atoms with van der Waals surface area (Å²) >= 11 is 0. The molecule has 1 aliphatic rings. The van der Waals surface area contributed by atoms with Gasteiger partial charge >= 0.3 is 12.2 Å². The van der Waals surface area contributed by atoms with Crippen LogP contribution in [-0.4, -0.2) is 39.4 Å². The van der Waals surface area contributed by atoms with Gasteiger partial charge in [-0.1, -0.05) is 44.2 Å². The van der Waals surface area contributed by atoms with Crippen molar-refractivity contribution in [2.45, 2.75) is 79.1 Å². The molecule has 0 aromatic heterocycles. The topological polar surface area (TPSA) is 59.1 Å². The molecule has 0 saturated carbocycles. The standard InChI is InChI=1S/C23H34N2O4/c1-16(2)14-18-15-19(17-12-10-9-11-13-17)25(21(27)29-23(6,7)8)24(18)20(26)28-22(3,4)5/h9-13,15-16,18H,14H2,1-8H3. The van der Waals surface area contributed by atoms with E-state index in [1.165, 1.54) is 10.0 Å². The fourth-order valence-electron chi connectivity index (χ4n) is 3.08. The number of nitrogens with zero attached hydrogens (tertiary/aromatic N) is 2. The molecule has 1 aromatic carbocycles. The number of hydrogen-bond donors (Lipinski definition) is 0. The van der Waals surface area contributed by atoms with Crippen molar-refractivity contribution in [3.05, 3.63) is 42.0 Å². The molecule has 6 nitrogen and oxygen atoms in total. The van der Waals surface area contributed by atoms with E-state index in [0.29, 0.717) is 18.0 Å². The normalized spacial score (nSPS) is 17.4. The summed E-state index contributed by atoms with van der Waals surface area (Å²) in [6.07, 6.45) is 1.46. The van der Waals surface area contributed by atoms with Crippen LogP contribution in [0.15, 0.2) is 36.4 Å². The molecule has 1 heterocycles. The molecule has 1 aromatic rings. The van der Waals surface area contributed by atoms with Gasteiger partial charge in [-0.15, -0.1) is 0 Å². The van der Waals surface area contributed by atoms with E-state index in [1.54, 1.807) is 20.8 Å². The zero-order valence-corrected chi connectivity index (χ0v) is 18.9. The Hall–Kier alpha value is -2.50. The Morgan fingerprint density at radius 3 is 1.93 bits per heavy atom. The Kier molecular flexibility index (Phi) is 6.66. The second-order valence-corrected chi connectivity index (χ2v) is 9.73. The van der Waals surface area contributed by atoms with Crippen molar-refractivity contribution >= 4 is 17.9 Å². The third kappa shape index (κ3) is 6.24. The second-order valence-electron chi connectivity index (χ2n) is 9.73. The van der Waals surface area contributed by atoms with E-state index < -0.39 is 23.4 Å². The van der Waals surface area contributed by atoms with Crippen LogP contribution >= 0.6 is 0 Å². The van der Waals surface area contributed by atoms with Gasteiger partial charge in [0, 0.05) is 5.56 Å². The van der Waals surface area contributed by atoms with E-state index in [9.17, 15) is 9.59 Å². The molecule has 160 valence electrons. The van der Waals surface area contributed by atoms with Crippen LogP contribution in [0.25, 0.3) is 5.70 Å². The highest BCUT2D eigenvalue weighted by atomic mass is 16.6. The highest BCUT2D eigenvalue weighted by molar-refractivity contribution is 5.87. The van der Waals surface area contributed by atoms with Gasteiger partial charge in [0.05, 0.1) is 11.7 Å². The highest BCUT2D eigenvalue weighted by Crippen LogP contribution is 2.35. The molecule has 6 heteroatoms. The van der Waals surface area contributed by atoms with Crippen molar-refractivity contribution in [2.24, 2.45) is 5.92 Å². The number of ether oxygens (including phenoxy) is 2. The lowest BCUT2D eigenvalue weighted by atomic mass is 10.0. The van der Waals surface area contributed by atoms with Crippen LogP contribution in [0.4, 0.5) is 9.59 Å². The Morgan fingerprint density at radius 1 is 0.931 bits per heavy atom. The molecule has 29 heavy (non-hydrogen) atoms. The summed E-state index contributed by atoms with van der Waals surface area (Å²) in [6, 6.07) is 9.22. The molecule has 0 radical (unpaired) electrons. The first-order chi connectivity index (χ1) is 13.3.